The van der Waals surface area contributed by atoms with E-state index in [-0.39, 0.29) is 17.4 Å². The zero-order chi connectivity index (χ0) is 19.3. The number of thioether (sulfide) groups is 1. The number of hydrogen-bond acceptors (Lipinski definition) is 5. The van der Waals surface area contributed by atoms with Crippen molar-refractivity contribution in [2.75, 3.05) is 11.2 Å². The van der Waals surface area contributed by atoms with Gasteiger partial charge in [-0.2, -0.15) is 0 Å². The van der Waals surface area contributed by atoms with Crippen LogP contribution in [0.5, 0.6) is 0 Å². The van der Waals surface area contributed by atoms with E-state index in [9.17, 15) is 4.79 Å². The molecule has 2 aliphatic heterocycles. The highest BCUT2D eigenvalue weighted by Crippen LogP contribution is 2.54. The normalized spacial score (nSPS) is 30.0. The number of amides is 1. The molecule has 146 valence electrons. The van der Waals surface area contributed by atoms with Crippen molar-refractivity contribution in [3.63, 3.8) is 0 Å². The first-order valence-corrected chi connectivity index (χ1v) is 11.1. The number of hydrogen-bond donors (Lipinski definition) is 3. The van der Waals surface area contributed by atoms with E-state index in [1.54, 1.807) is 17.3 Å². The molecule has 2 aliphatic carbocycles. The highest BCUT2D eigenvalue weighted by molar-refractivity contribution is 7.99. The highest BCUT2D eigenvalue weighted by Gasteiger charge is 2.45. The number of nitrogens with one attached hydrogen (secondary N) is 3. The molecule has 0 aromatic heterocycles. The molecule has 0 radical (unpaired) electrons. The average Bonchev–Trinajstić information content (AvgIpc) is 3.17. The highest BCUT2D eigenvalue weighted by atomic mass is 32.2. The third-order valence-electron chi connectivity index (χ3n) is 6.74. The number of benzene rings is 1. The molecule has 0 saturated heterocycles. The maximum atomic E-state index is 12.4. The minimum atomic E-state index is -0.139. The number of aliphatic imine (C=N–C) groups is 1. The maximum absolute atomic E-state index is 12.4. The monoisotopic (exact) mass is 394 g/mol. The molecule has 3 atom stereocenters. The molecular formula is C22H26N4OS. The molecule has 5 rings (SSSR count). The first-order chi connectivity index (χ1) is 13.6. The van der Waals surface area contributed by atoms with Crippen molar-refractivity contribution in [1.82, 2.24) is 10.6 Å². The van der Waals surface area contributed by atoms with Crippen molar-refractivity contribution in [2.24, 2.45) is 16.3 Å². The molecule has 3 unspecified atom stereocenters. The average molecular weight is 395 g/mol. The predicted molar refractivity (Wildman–Crippen MR) is 115 cm³/mol. The smallest absolute Gasteiger partial charge is 0.276 e. The van der Waals surface area contributed by atoms with Gasteiger partial charge >= 0.3 is 0 Å². The van der Waals surface area contributed by atoms with E-state index in [1.807, 2.05) is 12.1 Å². The van der Waals surface area contributed by atoms with Crippen LogP contribution in [0.25, 0.3) is 6.08 Å². The van der Waals surface area contributed by atoms with E-state index in [0.29, 0.717) is 11.7 Å². The van der Waals surface area contributed by atoms with Gasteiger partial charge in [-0.15, -0.1) is 11.8 Å². The van der Waals surface area contributed by atoms with Crippen LogP contribution in [0, 0.1) is 11.3 Å². The SMILES string of the molecule is CCC1(C(C)NC2=N/C(=C\c3ccc4c(c3)SCN4)C(=O)N2)CC=C2CC2C1. The summed E-state index contributed by atoms with van der Waals surface area (Å²) in [6.07, 6.45) is 9.09. The van der Waals surface area contributed by atoms with Crippen LogP contribution in [-0.4, -0.2) is 23.8 Å². The standard InChI is InChI=1S/C22H26N4OS/c1-3-22(7-6-15-10-16(15)11-22)13(2)24-21-25-18(20(27)26-21)8-14-4-5-17-19(9-14)28-12-23-17/h4-6,8-9,13,16,23H,3,7,10-12H2,1-2H3,(H2,24,25,26,27)/b18-8-. The van der Waals surface area contributed by atoms with Gasteiger partial charge in [0.15, 0.2) is 0 Å². The quantitative estimate of drug-likeness (QED) is 0.531. The van der Waals surface area contributed by atoms with Gasteiger partial charge in [-0.3, -0.25) is 10.1 Å². The summed E-state index contributed by atoms with van der Waals surface area (Å²) >= 11 is 1.78. The molecular weight excluding hydrogens is 368 g/mol. The second-order valence-corrected chi connectivity index (χ2v) is 9.35. The van der Waals surface area contributed by atoms with Gasteiger partial charge < -0.3 is 10.6 Å². The third kappa shape index (κ3) is 3.13. The third-order valence-corrected chi connectivity index (χ3v) is 7.68. The van der Waals surface area contributed by atoms with Crippen LogP contribution in [0.2, 0.25) is 0 Å². The Kier molecular flexibility index (Phi) is 4.27. The van der Waals surface area contributed by atoms with E-state index in [0.717, 1.165) is 35.9 Å². The summed E-state index contributed by atoms with van der Waals surface area (Å²) in [6, 6.07) is 6.46. The largest absolute Gasteiger partial charge is 0.375 e. The van der Waals surface area contributed by atoms with Crippen LogP contribution < -0.4 is 16.0 Å². The summed E-state index contributed by atoms with van der Waals surface area (Å²) in [7, 11) is 0. The summed E-state index contributed by atoms with van der Waals surface area (Å²) in [5.74, 6) is 2.14. The molecule has 0 bridgehead atoms. The molecule has 1 fully saturated rings. The minimum absolute atomic E-state index is 0.139. The fraction of sp³-hybridized carbons (Fsp3) is 0.455. The molecule has 1 aromatic rings. The van der Waals surface area contributed by atoms with Gasteiger partial charge in [-0.1, -0.05) is 24.6 Å². The maximum Gasteiger partial charge on any atom is 0.276 e. The molecule has 0 spiro atoms. The zero-order valence-electron chi connectivity index (χ0n) is 16.3. The molecule has 1 saturated carbocycles. The first kappa shape index (κ1) is 17.9. The van der Waals surface area contributed by atoms with Crippen LogP contribution in [-0.2, 0) is 4.79 Å². The van der Waals surface area contributed by atoms with Gasteiger partial charge in [-0.05, 0) is 67.7 Å². The first-order valence-electron chi connectivity index (χ1n) is 10.1. The summed E-state index contributed by atoms with van der Waals surface area (Å²) in [5, 5.41) is 9.74. The van der Waals surface area contributed by atoms with E-state index in [4.69, 9.17) is 0 Å². The second kappa shape index (κ2) is 6.69. The van der Waals surface area contributed by atoms with Crippen molar-refractivity contribution in [1.29, 1.82) is 0 Å². The van der Waals surface area contributed by atoms with E-state index < -0.39 is 0 Å². The van der Waals surface area contributed by atoms with Gasteiger partial charge in [-0.25, -0.2) is 4.99 Å². The number of anilines is 1. The Bertz CT molecular complexity index is 934. The molecule has 1 amide bonds. The number of fused-ring (bicyclic) bond motifs is 2. The van der Waals surface area contributed by atoms with E-state index in [1.165, 1.54) is 17.7 Å². The Morgan fingerprint density at radius 2 is 2.36 bits per heavy atom. The Morgan fingerprint density at radius 1 is 1.46 bits per heavy atom. The van der Waals surface area contributed by atoms with E-state index in [2.05, 4.69) is 53.0 Å². The van der Waals surface area contributed by atoms with Gasteiger partial charge in [0.05, 0.1) is 5.88 Å². The minimum Gasteiger partial charge on any atom is -0.375 e. The van der Waals surface area contributed by atoms with Crippen LogP contribution >= 0.6 is 11.8 Å². The number of allylic oxidation sites excluding steroid dienone is 2. The van der Waals surface area contributed by atoms with Crippen LogP contribution in [0.4, 0.5) is 5.69 Å². The van der Waals surface area contributed by atoms with Crippen molar-refractivity contribution < 1.29 is 4.79 Å². The summed E-state index contributed by atoms with van der Waals surface area (Å²) in [5.41, 5.74) is 4.52. The molecule has 1 aromatic carbocycles. The summed E-state index contributed by atoms with van der Waals surface area (Å²) in [4.78, 5) is 18.2. The number of nitrogens with zero attached hydrogens (tertiary/aromatic N) is 1. The van der Waals surface area contributed by atoms with E-state index >= 15 is 0 Å². The van der Waals surface area contributed by atoms with Crippen LogP contribution in [0.15, 0.2) is 45.4 Å². The summed E-state index contributed by atoms with van der Waals surface area (Å²) < 4.78 is 0. The number of rotatable bonds is 4. The lowest BCUT2D eigenvalue weighted by molar-refractivity contribution is -0.115. The van der Waals surface area contributed by atoms with Crippen molar-refractivity contribution in [3.8, 4) is 0 Å². The van der Waals surface area contributed by atoms with Crippen LogP contribution in [0.3, 0.4) is 0 Å². The predicted octanol–water partition coefficient (Wildman–Crippen LogP) is 4.10. The second-order valence-electron chi connectivity index (χ2n) is 8.34. The molecule has 3 N–H and O–H groups in total. The fourth-order valence-electron chi connectivity index (χ4n) is 4.67. The topological polar surface area (TPSA) is 65.5 Å². The van der Waals surface area contributed by atoms with Crippen LogP contribution in [0.1, 0.15) is 45.1 Å². The summed E-state index contributed by atoms with van der Waals surface area (Å²) in [6.45, 7) is 4.51. The van der Waals surface area contributed by atoms with Gasteiger partial charge in [0, 0.05) is 16.6 Å². The molecule has 2 heterocycles. The Hall–Kier alpha value is -2.21. The Balaban J connectivity index is 1.32. The lowest BCUT2D eigenvalue weighted by Crippen LogP contribution is -2.50. The number of carbonyl (C=O) groups is 1. The lowest BCUT2D eigenvalue weighted by Gasteiger charge is -2.40. The lowest BCUT2D eigenvalue weighted by atomic mass is 9.70. The van der Waals surface area contributed by atoms with Gasteiger partial charge in [0.25, 0.3) is 5.91 Å². The Morgan fingerprint density at radius 3 is 3.18 bits per heavy atom. The van der Waals surface area contributed by atoms with Crippen molar-refractivity contribution >= 4 is 35.4 Å². The van der Waals surface area contributed by atoms with Gasteiger partial charge in [0.1, 0.15) is 5.70 Å². The zero-order valence-corrected chi connectivity index (χ0v) is 17.2. The fourth-order valence-corrected chi connectivity index (χ4v) is 5.57. The number of guanidine groups is 1. The molecule has 5 nitrogen and oxygen atoms in total. The Labute approximate surface area is 170 Å². The van der Waals surface area contributed by atoms with Gasteiger partial charge in [0.2, 0.25) is 5.96 Å². The number of carbonyl (C=O) groups excluding carboxylic acids is 1. The molecule has 6 heteroatoms. The van der Waals surface area contributed by atoms with Crippen molar-refractivity contribution in [2.45, 2.75) is 50.5 Å². The van der Waals surface area contributed by atoms with Crippen molar-refractivity contribution in [3.05, 3.63) is 41.1 Å². The molecule has 28 heavy (non-hydrogen) atoms. The molecule has 4 aliphatic rings.